The van der Waals surface area contributed by atoms with Gasteiger partial charge in [0.1, 0.15) is 18.5 Å². The van der Waals surface area contributed by atoms with Gasteiger partial charge < -0.3 is 9.47 Å². The van der Waals surface area contributed by atoms with Gasteiger partial charge in [0.15, 0.2) is 0 Å². The van der Waals surface area contributed by atoms with Crippen molar-refractivity contribution >= 4 is 16.7 Å². The Morgan fingerprint density at radius 1 is 0.897 bits per heavy atom. The average Bonchev–Trinajstić information content (AvgIpc) is 3.05. The van der Waals surface area contributed by atoms with E-state index in [4.69, 9.17) is 9.47 Å². The number of ether oxygens (including phenoxy) is 2. The molecule has 0 aliphatic carbocycles. The van der Waals surface area contributed by atoms with Gasteiger partial charge in [0.05, 0.1) is 5.56 Å². The van der Waals surface area contributed by atoms with Gasteiger partial charge in [-0.2, -0.15) is 0 Å². The van der Waals surface area contributed by atoms with Crippen molar-refractivity contribution in [3.05, 3.63) is 102 Å². The number of fused-ring (bicyclic) bond motifs is 2. The van der Waals surface area contributed by atoms with Crippen molar-refractivity contribution in [2.24, 2.45) is 0 Å². The second kappa shape index (κ2) is 7.10. The molecule has 29 heavy (non-hydrogen) atoms. The van der Waals surface area contributed by atoms with Crippen LogP contribution in [-0.2, 0) is 11.3 Å². The van der Waals surface area contributed by atoms with E-state index < -0.39 is 0 Å². The molecule has 0 saturated carbocycles. The number of benzene rings is 4. The lowest BCUT2D eigenvalue weighted by molar-refractivity contribution is 0.0422. The standard InChI is InChI=1S/C26H20O3/c1-17-24-23(26(27)29-17)15-20-14-21(28-16-18-8-4-2-5-9-18)12-13-22(20)25(24)19-10-6-3-7-11-19/h2-15,17H,16H2,1H3. The van der Waals surface area contributed by atoms with Crippen LogP contribution in [0, 0.1) is 0 Å². The Labute approximate surface area is 169 Å². The fourth-order valence-electron chi connectivity index (χ4n) is 4.02. The summed E-state index contributed by atoms with van der Waals surface area (Å²) < 4.78 is 11.5. The van der Waals surface area contributed by atoms with Crippen LogP contribution in [0.2, 0.25) is 0 Å². The van der Waals surface area contributed by atoms with Crippen LogP contribution in [0.5, 0.6) is 5.75 Å². The first kappa shape index (κ1) is 17.5. The first-order valence-electron chi connectivity index (χ1n) is 9.74. The smallest absolute Gasteiger partial charge is 0.339 e. The van der Waals surface area contributed by atoms with Crippen molar-refractivity contribution in [1.29, 1.82) is 0 Å². The van der Waals surface area contributed by atoms with Crippen LogP contribution in [0.4, 0.5) is 0 Å². The molecule has 1 heterocycles. The number of carbonyl (C=O) groups excluding carboxylic acids is 1. The highest BCUT2D eigenvalue weighted by atomic mass is 16.5. The van der Waals surface area contributed by atoms with Crippen LogP contribution in [-0.4, -0.2) is 5.97 Å². The van der Waals surface area contributed by atoms with Crippen LogP contribution in [0.25, 0.3) is 21.9 Å². The van der Waals surface area contributed by atoms with Gasteiger partial charge in [-0.15, -0.1) is 0 Å². The molecule has 0 saturated heterocycles. The van der Waals surface area contributed by atoms with Gasteiger partial charge in [0, 0.05) is 5.56 Å². The fourth-order valence-corrected chi connectivity index (χ4v) is 4.02. The van der Waals surface area contributed by atoms with Crippen molar-refractivity contribution < 1.29 is 14.3 Å². The highest BCUT2D eigenvalue weighted by Gasteiger charge is 2.32. The Morgan fingerprint density at radius 2 is 1.62 bits per heavy atom. The Balaban J connectivity index is 1.63. The molecule has 142 valence electrons. The Kier molecular flexibility index (Phi) is 4.28. The van der Waals surface area contributed by atoms with Crippen molar-refractivity contribution in [2.45, 2.75) is 19.6 Å². The fraction of sp³-hybridized carbons (Fsp3) is 0.115. The molecule has 5 rings (SSSR count). The molecule has 4 aromatic carbocycles. The number of hydrogen-bond acceptors (Lipinski definition) is 3. The van der Waals surface area contributed by atoms with Crippen LogP contribution in [0.15, 0.2) is 84.9 Å². The molecule has 3 nitrogen and oxygen atoms in total. The molecule has 0 bridgehead atoms. The number of cyclic esters (lactones) is 1. The van der Waals surface area contributed by atoms with E-state index >= 15 is 0 Å². The zero-order valence-electron chi connectivity index (χ0n) is 16.1. The van der Waals surface area contributed by atoms with Crippen molar-refractivity contribution in [1.82, 2.24) is 0 Å². The first-order chi connectivity index (χ1) is 14.2. The summed E-state index contributed by atoms with van der Waals surface area (Å²) in [5, 5.41) is 2.06. The molecular weight excluding hydrogens is 360 g/mol. The number of carbonyl (C=O) groups is 1. The van der Waals surface area contributed by atoms with Crippen LogP contribution >= 0.6 is 0 Å². The third-order valence-electron chi connectivity index (χ3n) is 5.37. The third kappa shape index (κ3) is 3.15. The average molecular weight is 380 g/mol. The van der Waals surface area contributed by atoms with Crippen LogP contribution < -0.4 is 4.74 Å². The van der Waals surface area contributed by atoms with Gasteiger partial charge in [0.25, 0.3) is 0 Å². The van der Waals surface area contributed by atoms with Gasteiger partial charge >= 0.3 is 5.97 Å². The normalized spacial score (nSPS) is 15.2. The Morgan fingerprint density at radius 3 is 2.38 bits per heavy atom. The minimum Gasteiger partial charge on any atom is -0.489 e. The highest BCUT2D eigenvalue weighted by Crippen LogP contribution is 2.43. The molecule has 0 radical (unpaired) electrons. The van der Waals surface area contributed by atoms with Crippen molar-refractivity contribution in [2.75, 3.05) is 0 Å². The van der Waals surface area contributed by atoms with E-state index in [0.717, 1.165) is 38.8 Å². The Bertz CT molecular complexity index is 1200. The zero-order chi connectivity index (χ0) is 19.8. The van der Waals surface area contributed by atoms with E-state index in [2.05, 4.69) is 18.2 Å². The quantitative estimate of drug-likeness (QED) is 0.389. The second-order valence-electron chi connectivity index (χ2n) is 7.28. The lowest BCUT2D eigenvalue weighted by Gasteiger charge is -2.15. The van der Waals surface area contributed by atoms with Crippen molar-refractivity contribution in [3.8, 4) is 16.9 Å². The first-order valence-corrected chi connectivity index (χ1v) is 9.74. The minimum absolute atomic E-state index is 0.258. The second-order valence-corrected chi connectivity index (χ2v) is 7.28. The molecule has 0 spiro atoms. The summed E-state index contributed by atoms with van der Waals surface area (Å²) in [5.41, 5.74) is 4.86. The van der Waals surface area contributed by atoms with E-state index in [-0.39, 0.29) is 12.1 Å². The Hall–Kier alpha value is -3.59. The summed E-state index contributed by atoms with van der Waals surface area (Å²) >= 11 is 0. The topological polar surface area (TPSA) is 35.5 Å². The predicted molar refractivity (Wildman–Crippen MR) is 114 cm³/mol. The number of hydrogen-bond donors (Lipinski definition) is 0. The molecule has 1 aliphatic rings. The summed E-state index contributed by atoms with van der Waals surface area (Å²) in [5.74, 6) is 0.516. The molecule has 3 heteroatoms. The molecule has 0 amide bonds. The van der Waals surface area contributed by atoms with E-state index in [1.165, 1.54) is 0 Å². The maximum absolute atomic E-state index is 12.4. The lowest BCUT2D eigenvalue weighted by Crippen LogP contribution is -1.98. The lowest BCUT2D eigenvalue weighted by atomic mass is 9.88. The maximum atomic E-state index is 12.4. The molecule has 1 aliphatic heterocycles. The monoisotopic (exact) mass is 380 g/mol. The van der Waals surface area contributed by atoms with Gasteiger partial charge in [-0.1, -0.05) is 66.7 Å². The predicted octanol–water partition coefficient (Wildman–Crippen LogP) is 6.32. The molecular formula is C26H20O3. The SMILES string of the molecule is CC1OC(=O)c2cc3cc(OCc4ccccc4)ccc3c(-c3ccccc3)c21. The summed E-state index contributed by atoms with van der Waals surface area (Å²) in [6, 6.07) is 28.2. The van der Waals surface area contributed by atoms with E-state index in [9.17, 15) is 4.79 Å². The summed E-state index contributed by atoms with van der Waals surface area (Å²) in [7, 11) is 0. The van der Waals surface area contributed by atoms with Crippen molar-refractivity contribution in [3.63, 3.8) is 0 Å². The van der Waals surface area contributed by atoms with Gasteiger partial charge in [0.2, 0.25) is 0 Å². The van der Waals surface area contributed by atoms with Crippen LogP contribution in [0.1, 0.15) is 34.5 Å². The van der Waals surface area contributed by atoms with Gasteiger partial charge in [-0.05, 0) is 52.6 Å². The summed E-state index contributed by atoms with van der Waals surface area (Å²) in [4.78, 5) is 12.4. The minimum atomic E-state index is -0.262. The van der Waals surface area contributed by atoms with Gasteiger partial charge in [-0.3, -0.25) is 0 Å². The van der Waals surface area contributed by atoms with E-state index in [0.29, 0.717) is 12.2 Å². The molecule has 1 unspecified atom stereocenters. The van der Waals surface area contributed by atoms with Crippen LogP contribution in [0.3, 0.4) is 0 Å². The summed E-state index contributed by atoms with van der Waals surface area (Å²) in [6.07, 6.45) is -0.258. The third-order valence-corrected chi connectivity index (χ3v) is 5.37. The molecule has 4 aromatic rings. The number of rotatable bonds is 4. The molecule has 1 atom stereocenters. The highest BCUT2D eigenvalue weighted by molar-refractivity contribution is 6.07. The maximum Gasteiger partial charge on any atom is 0.339 e. The van der Waals surface area contributed by atoms with Gasteiger partial charge in [-0.25, -0.2) is 4.79 Å². The zero-order valence-corrected chi connectivity index (χ0v) is 16.1. The largest absolute Gasteiger partial charge is 0.489 e. The van der Waals surface area contributed by atoms with E-state index in [1.807, 2.05) is 73.7 Å². The molecule has 0 aromatic heterocycles. The number of esters is 1. The molecule has 0 N–H and O–H groups in total. The molecule has 0 fully saturated rings. The van der Waals surface area contributed by atoms with E-state index in [1.54, 1.807) is 0 Å². The summed E-state index contributed by atoms with van der Waals surface area (Å²) in [6.45, 7) is 2.43.